The van der Waals surface area contributed by atoms with Crippen molar-refractivity contribution in [3.8, 4) is 0 Å². The molecule has 4 heterocycles. The molecule has 6 nitrogen and oxygen atoms in total. The third-order valence-electron chi connectivity index (χ3n) is 4.87. The van der Waals surface area contributed by atoms with Crippen molar-refractivity contribution in [3.63, 3.8) is 0 Å². The minimum atomic E-state index is 0.725. The fourth-order valence-electron chi connectivity index (χ4n) is 3.84. The highest BCUT2D eigenvalue weighted by molar-refractivity contribution is 5.40. The van der Waals surface area contributed by atoms with E-state index in [0.29, 0.717) is 0 Å². The van der Waals surface area contributed by atoms with Crippen LogP contribution in [0, 0.1) is 25.7 Å². The number of anilines is 1. The van der Waals surface area contributed by atoms with E-state index in [1.165, 1.54) is 0 Å². The van der Waals surface area contributed by atoms with Gasteiger partial charge in [0.15, 0.2) is 0 Å². The molecule has 0 spiro atoms. The number of hydrogen-bond donors (Lipinski definition) is 0. The van der Waals surface area contributed by atoms with Crippen LogP contribution in [0.15, 0.2) is 24.8 Å². The number of rotatable bonds is 3. The van der Waals surface area contributed by atoms with Crippen molar-refractivity contribution in [3.05, 3.63) is 41.9 Å². The average Bonchev–Trinajstić information content (AvgIpc) is 3.05. The lowest BCUT2D eigenvalue weighted by molar-refractivity contribution is 0.304. The number of nitrogens with zero attached hydrogens (tertiary/aromatic N) is 6. The zero-order valence-electron chi connectivity index (χ0n) is 13.7. The zero-order chi connectivity index (χ0) is 15.8. The smallest absolute Gasteiger partial charge is 0.132 e. The van der Waals surface area contributed by atoms with Crippen LogP contribution in [0.5, 0.6) is 0 Å². The first-order chi connectivity index (χ1) is 11.2. The molecule has 2 aromatic heterocycles. The maximum Gasteiger partial charge on any atom is 0.132 e. The Morgan fingerprint density at radius 2 is 1.78 bits per heavy atom. The van der Waals surface area contributed by atoms with E-state index in [2.05, 4.69) is 35.8 Å². The van der Waals surface area contributed by atoms with Crippen LogP contribution in [0.3, 0.4) is 0 Å². The maximum atomic E-state index is 4.57. The summed E-state index contributed by atoms with van der Waals surface area (Å²) in [6, 6.07) is 2.08. The maximum absolute atomic E-state index is 4.57. The van der Waals surface area contributed by atoms with E-state index in [-0.39, 0.29) is 0 Å². The normalized spacial score (nSPS) is 24.2. The summed E-state index contributed by atoms with van der Waals surface area (Å²) in [5.74, 6) is 2.52. The quantitative estimate of drug-likeness (QED) is 0.855. The van der Waals surface area contributed by atoms with Gasteiger partial charge in [-0.3, -0.25) is 14.9 Å². The lowest BCUT2D eigenvalue weighted by atomic mass is 10.0. The topological polar surface area (TPSA) is 58.0 Å². The van der Waals surface area contributed by atoms with E-state index in [0.717, 1.165) is 67.5 Å². The number of fused-ring (bicyclic) bond motifs is 1. The molecular weight excluding hydrogens is 288 g/mol. The fraction of sp³-hybridized carbons (Fsp3) is 0.529. The van der Waals surface area contributed by atoms with Gasteiger partial charge in [0.1, 0.15) is 12.1 Å². The number of likely N-dealkylation sites (tertiary alicyclic amines) is 1. The molecule has 0 aliphatic carbocycles. The van der Waals surface area contributed by atoms with E-state index in [4.69, 9.17) is 0 Å². The predicted molar refractivity (Wildman–Crippen MR) is 88.0 cm³/mol. The molecule has 0 radical (unpaired) electrons. The van der Waals surface area contributed by atoms with E-state index in [1.807, 2.05) is 26.2 Å². The molecule has 0 aromatic carbocycles. The first-order valence-electron chi connectivity index (χ1n) is 8.21. The third-order valence-corrected chi connectivity index (χ3v) is 4.87. The largest absolute Gasteiger partial charge is 0.356 e. The van der Waals surface area contributed by atoms with Crippen molar-refractivity contribution in [1.82, 2.24) is 24.8 Å². The second-order valence-corrected chi connectivity index (χ2v) is 6.79. The molecule has 6 heteroatoms. The lowest BCUT2D eigenvalue weighted by Crippen LogP contribution is -2.29. The van der Waals surface area contributed by atoms with Crippen LogP contribution < -0.4 is 4.90 Å². The summed E-state index contributed by atoms with van der Waals surface area (Å²) in [6.45, 7) is 9.40. The second kappa shape index (κ2) is 5.85. The molecule has 0 amide bonds. The molecule has 2 fully saturated rings. The van der Waals surface area contributed by atoms with Gasteiger partial charge in [0, 0.05) is 56.9 Å². The van der Waals surface area contributed by atoms with Crippen LogP contribution >= 0.6 is 0 Å². The van der Waals surface area contributed by atoms with Crippen molar-refractivity contribution < 1.29 is 0 Å². The standard InChI is InChI=1S/C17H22N6/c1-12-3-17(20-11-19-12)23-8-14-6-22(7-15(14)9-23)10-16-5-18-4-13(2)21-16/h3-5,11,14-15H,6-10H2,1-2H3. The van der Waals surface area contributed by atoms with Gasteiger partial charge < -0.3 is 4.90 Å². The van der Waals surface area contributed by atoms with Crippen LogP contribution in [0.2, 0.25) is 0 Å². The molecule has 0 saturated carbocycles. The Balaban J connectivity index is 1.38. The minimum absolute atomic E-state index is 0.725. The summed E-state index contributed by atoms with van der Waals surface area (Å²) in [4.78, 5) is 22.4. The van der Waals surface area contributed by atoms with Crippen LogP contribution in [-0.4, -0.2) is 51.0 Å². The van der Waals surface area contributed by atoms with Gasteiger partial charge in [0.2, 0.25) is 0 Å². The van der Waals surface area contributed by atoms with Gasteiger partial charge in [0.05, 0.1) is 11.4 Å². The summed E-state index contributed by atoms with van der Waals surface area (Å²) in [5.41, 5.74) is 3.10. The summed E-state index contributed by atoms with van der Waals surface area (Å²) in [7, 11) is 0. The lowest BCUT2D eigenvalue weighted by Gasteiger charge is -2.22. The van der Waals surface area contributed by atoms with Crippen LogP contribution in [0.1, 0.15) is 17.1 Å². The Morgan fingerprint density at radius 1 is 1.00 bits per heavy atom. The Hall–Kier alpha value is -2.08. The van der Waals surface area contributed by atoms with E-state index < -0.39 is 0 Å². The van der Waals surface area contributed by atoms with Crippen LogP contribution in [0.4, 0.5) is 5.82 Å². The van der Waals surface area contributed by atoms with Crippen molar-refractivity contribution >= 4 is 5.82 Å². The van der Waals surface area contributed by atoms with Gasteiger partial charge >= 0.3 is 0 Å². The molecule has 0 bridgehead atoms. The number of aryl methyl sites for hydroxylation is 2. The minimum Gasteiger partial charge on any atom is -0.356 e. The van der Waals surface area contributed by atoms with Crippen LogP contribution in [0.25, 0.3) is 0 Å². The van der Waals surface area contributed by atoms with Crippen molar-refractivity contribution in [2.45, 2.75) is 20.4 Å². The summed E-state index contributed by atoms with van der Waals surface area (Å²) in [6.07, 6.45) is 5.36. The summed E-state index contributed by atoms with van der Waals surface area (Å²) < 4.78 is 0. The molecular formula is C17H22N6. The van der Waals surface area contributed by atoms with Gasteiger partial charge in [-0.25, -0.2) is 9.97 Å². The molecule has 2 saturated heterocycles. The van der Waals surface area contributed by atoms with Gasteiger partial charge in [0.25, 0.3) is 0 Å². The van der Waals surface area contributed by atoms with Crippen molar-refractivity contribution in [2.24, 2.45) is 11.8 Å². The number of hydrogen-bond acceptors (Lipinski definition) is 6. The number of aromatic nitrogens is 4. The Morgan fingerprint density at radius 3 is 2.48 bits per heavy atom. The highest BCUT2D eigenvalue weighted by Crippen LogP contribution is 2.33. The van der Waals surface area contributed by atoms with E-state index >= 15 is 0 Å². The molecule has 0 N–H and O–H groups in total. The Kier molecular flexibility index (Phi) is 3.69. The molecule has 120 valence electrons. The molecule has 2 atom stereocenters. The monoisotopic (exact) mass is 310 g/mol. The molecule has 4 rings (SSSR count). The Bertz CT molecular complexity index is 689. The highest BCUT2D eigenvalue weighted by atomic mass is 15.3. The third kappa shape index (κ3) is 3.03. The zero-order valence-corrected chi connectivity index (χ0v) is 13.7. The van der Waals surface area contributed by atoms with E-state index in [1.54, 1.807) is 6.33 Å². The SMILES string of the molecule is Cc1cc(N2CC3CN(Cc4cncc(C)n4)CC3C2)ncn1. The van der Waals surface area contributed by atoms with E-state index in [9.17, 15) is 0 Å². The Labute approximate surface area is 136 Å². The molecule has 23 heavy (non-hydrogen) atoms. The van der Waals surface area contributed by atoms with Gasteiger partial charge in [-0.15, -0.1) is 0 Å². The predicted octanol–water partition coefficient (Wildman–Crippen LogP) is 1.45. The second-order valence-electron chi connectivity index (χ2n) is 6.79. The molecule has 2 aromatic rings. The van der Waals surface area contributed by atoms with Crippen molar-refractivity contribution in [1.29, 1.82) is 0 Å². The average molecular weight is 310 g/mol. The first-order valence-corrected chi connectivity index (χ1v) is 8.21. The highest BCUT2D eigenvalue weighted by Gasteiger charge is 2.40. The summed E-state index contributed by atoms with van der Waals surface area (Å²) in [5, 5.41) is 0. The molecule has 2 aliphatic rings. The van der Waals surface area contributed by atoms with Crippen molar-refractivity contribution in [2.75, 3.05) is 31.1 Å². The summed E-state index contributed by atoms with van der Waals surface area (Å²) >= 11 is 0. The van der Waals surface area contributed by atoms with Crippen LogP contribution in [-0.2, 0) is 6.54 Å². The fourth-order valence-corrected chi connectivity index (χ4v) is 3.84. The van der Waals surface area contributed by atoms with Gasteiger partial charge in [-0.05, 0) is 25.7 Å². The first kappa shape index (κ1) is 14.5. The molecule has 2 aliphatic heterocycles. The van der Waals surface area contributed by atoms with Gasteiger partial charge in [-0.1, -0.05) is 0 Å². The molecule has 2 unspecified atom stereocenters. The van der Waals surface area contributed by atoms with Gasteiger partial charge in [-0.2, -0.15) is 0 Å².